The van der Waals surface area contributed by atoms with Gasteiger partial charge in [0.15, 0.2) is 0 Å². The summed E-state index contributed by atoms with van der Waals surface area (Å²) in [5.74, 6) is 5.72. The predicted octanol–water partition coefficient (Wildman–Crippen LogP) is 1.90. The second-order valence-corrected chi connectivity index (χ2v) is 4.75. The number of benzene rings is 1. The van der Waals surface area contributed by atoms with E-state index >= 15 is 0 Å². The normalized spacial score (nSPS) is 12.7. The first-order valence-corrected chi connectivity index (χ1v) is 6.06. The van der Waals surface area contributed by atoms with Crippen molar-refractivity contribution in [2.24, 2.45) is 12.9 Å². The van der Waals surface area contributed by atoms with Gasteiger partial charge >= 0.3 is 0 Å². The van der Waals surface area contributed by atoms with Crippen LogP contribution in [0.3, 0.4) is 0 Å². The number of nitrogens with zero attached hydrogens (tertiary/aromatic N) is 2. The van der Waals surface area contributed by atoms with Gasteiger partial charge in [0.05, 0.1) is 12.2 Å². The van der Waals surface area contributed by atoms with Crippen LogP contribution in [0.15, 0.2) is 24.4 Å². The van der Waals surface area contributed by atoms with Crippen LogP contribution in [0, 0.1) is 20.8 Å². The van der Waals surface area contributed by atoms with Gasteiger partial charge in [-0.1, -0.05) is 18.2 Å². The number of hydrazine groups is 1. The Morgan fingerprint density at radius 1 is 1.22 bits per heavy atom. The maximum absolute atomic E-state index is 5.72. The van der Waals surface area contributed by atoms with E-state index in [2.05, 4.69) is 42.6 Å². The third-order valence-corrected chi connectivity index (χ3v) is 3.62. The van der Waals surface area contributed by atoms with E-state index in [4.69, 9.17) is 5.84 Å². The summed E-state index contributed by atoms with van der Waals surface area (Å²) in [6.07, 6.45) is 1.87. The molecule has 0 spiro atoms. The Morgan fingerprint density at radius 2 is 1.94 bits per heavy atom. The summed E-state index contributed by atoms with van der Waals surface area (Å²) >= 11 is 0. The van der Waals surface area contributed by atoms with Gasteiger partial charge < -0.3 is 0 Å². The first-order valence-electron chi connectivity index (χ1n) is 6.06. The number of nitrogens with one attached hydrogen (secondary N) is 1. The van der Waals surface area contributed by atoms with E-state index in [1.807, 2.05) is 24.9 Å². The zero-order valence-corrected chi connectivity index (χ0v) is 11.4. The number of nitrogens with two attached hydrogens (primary N) is 1. The highest BCUT2D eigenvalue weighted by Crippen LogP contribution is 2.25. The van der Waals surface area contributed by atoms with Crippen LogP contribution in [0.2, 0.25) is 0 Å². The van der Waals surface area contributed by atoms with Gasteiger partial charge in [0.1, 0.15) is 0 Å². The van der Waals surface area contributed by atoms with Crippen molar-refractivity contribution in [1.29, 1.82) is 0 Å². The molecule has 18 heavy (non-hydrogen) atoms. The Balaban J connectivity index is 2.45. The second-order valence-electron chi connectivity index (χ2n) is 4.75. The minimum Gasteiger partial charge on any atom is -0.273 e. The quantitative estimate of drug-likeness (QED) is 0.640. The van der Waals surface area contributed by atoms with Crippen molar-refractivity contribution in [3.05, 3.63) is 52.3 Å². The summed E-state index contributed by atoms with van der Waals surface area (Å²) in [4.78, 5) is 0. The van der Waals surface area contributed by atoms with Crippen LogP contribution in [-0.2, 0) is 7.05 Å². The highest BCUT2D eigenvalue weighted by Gasteiger charge is 2.17. The molecule has 0 saturated carbocycles. The molecule has 96 valence electrons. The molecule has 0 aliphatic carbocycles. The molecule has 3 N–H and O–H groups in total. The van der Waals surface area contributed by atoms with Gasteiger partial charge in [-0.05, 0) is 37.5 Å². The smallest absolute Gasteiger partial charge is 0.0743 e. The predicted molar refractivity (Wildman–Crippen MR) is 73.0 cm³/mol. The molecule has 1 atom stereocenters. The van der Waals surface area contributed by atoms with Crippen molar-refractivity contribution >= 4 is 0 Å². The monoisotopic (exact) mass is 244 g/mol. The van der Waals surface area contributed by atoms with Gasteiger partial charge in [-0.3, -0.25) is 10.5 Å². The van der Waals surface area contributed by atoms with Crippen molar-refractivity contribution in [2.45, 2.75) is 26.8 Å². The van der Waals surface area contributed by atoms with Gasteiger partial charge in [-0.2, -0.15) is 5.10 Å². The van der Waals surface area contributed by atoms with Gasteiger partial charge in [-0.15, -0.1) is 0 Å². The van der Waals surface area contributed by atoms with Gasteiger partial charge in [-0.25, -0.2) is 5.43 Å². The molecule has 2 aromatic rings. The molecule has 4 nitrogen and oxygen atoms in total. The minimum absolute atomic E-state index is 0.0157. The molecule has 1 heterocycles. The molecular weight excluding hydrogens is 224 g/mol. The van der Waals surface area contributed by atoms with Crippen LogP contribution in [0.4, 0.5) is 0 Å². The van der Waals surface area contributed by atoms with E-state index in [0.717, 1.165) is 16.8 Å². The number of aromatic nitrogens is 2. The van der Waals surface area contributed by atoms with Crippen molar-refractivity contribution in [3.63, 3.8) is 0 Å². The number of rotatable bonds is 3. The maximum atomic E-state index is 5.72. The summed E-state index contributed by atoms with van der Waals surface area (Å²) in [5, 5.41) is 4.27. The van der Waals surface area contributed by atoms with Crippen molar-refractivity contribution in [3.8, 4) is 0 Å². The van der Waals surface area contributed by atoms with Crippen molar-refractivity contribution in [2.75, 3.05) is 0 Å². The molecule has 0 radical (unpaired) electrons. The standard InChI is InChI=1S/C14H20N4/c1-9-5-6-12(7-10(9)2)14(17-15)13-8-16-18(4)11(13)3/h5-8,14,17H,15H2,1-4H3. The molecule has 0 aliphatic heterocycles. The third-order valence-electron chi connectivity index (χ3n) is 3.62. The molecular formula is C14H20N4. The van der Waals surface area contributed by atoms with Crippen LogP contribution >= 0.6 is 0 Å². The Kier molecular flexibility index (Phi) is 3.50. The number of aryl methyl sites for hydroxylation is 3. The highest BCUT2D eigenvalue weighted by molar-refractivity contribution is 5.37. The van der Waals surface area contributed by atoms with E-state index in [0.29, 0.717) is 0 Å². The Hall–Kier alpha value is -1.65. The van der Waals surface area contributed by atoms with E-state index < -0.39 is 0 Å². The van der Waals surface area contributed by atoms with E-state index in [1.165, 1.54) is 11.1 Å². The van der Waals surface area contributed by atoms with E-state index in [1.54, 1.807) is 0 Å². The Labute approximate surface area is 108 Å². The number of hydrogen-bond donors (Lipinski definition) is 2. The molecule has 2 rings (SSSR count). The fourth-order valence-corrected chi connectivity index (χ4v) is 2.11. The average Bonchev–Trinajstić information content (AvgIpc) is 2.67. The lowest BCUT2D eigenvalue weighted by molar-refractivity contribution is 0.630. The summed E-state index contributed by atoms with van der Waals surface area (Å²) in [6, 6.07) is 6.39. The van der Waals surface area contributed by atoms with E-state index in [-0.39, 0.29) is 6.04 Å². The summed E-state index contributed by atoms with van der Waals surface area (Å²) < 4.78 is 1.86. The zero-order valence-electron chi connectivity index (χ0n) is 11.4. The topological polar surface area (TPSA) is 55.9 Å². The lowest BCUT2D eigenvalue weighted by atomic mass is 9.96. The Bertz CT molecular complexity index is 557. The summed E-state index contributed by atoms with van der Waals surface area (Å²) in [5.41, 5.74) is 8.84. The average molecular weight is 244 g/mol. The molecule has 1 aromatic heterocycles. The van der Waals surface area contributed by atoms with Gasteiger partial charge in [0.25, 0.3) is 0 Å². The molecule has 0 aliphatic rings. The Morgan fingerprint density at radius 3 is 2.44 bits per heavy atom. The second kappa shape index (κ2) is 4.92. The largest absolute Gasteiger partial charge is 0.273 e. The molecule has 1 unspecified atom stereocenters. The first-order chi connectivity index (χ1) is 8.54. The molecule has 0 saturated heterocycles. The van der Waals surface area contributed by atoms with Crippen LogP contribution in [0.25, 0.3) is 0 Å². The first kappa shape index (κ1) is 12.8. The zero-order chi connectivity index (χ0) is 13.3. The summed E-state index contributed by atoms with van der Waals surface area (Å²) in [7, 11) is 1.94. The maximum Gasteiger partial charge on any atom is 0.0743 e. The molecule has 0 fully saturated rings. The van der Waals surface area contributed by atoms with Gasteiger partial charge in [0.2, 0.25) is 0 Å². The fourth-order valence-electron chi connectivity index (χ4n) is 2.11. The lowest BCUT2D eigenvalue weighted by Gasteiger charge is -2.17. The van der Waals surface area contributed by atoms with Crippen molar-refractivity contribution < 1.29 is 0 Å². The molecule has 1 aromatic carbocycles. The van der Waals surface area contributed by atoms with Crippen LogP contribution in [0.5, 0.6) is 0 Å². The number of hydrogen-bond acceptors (Lipinski definition) is 3. The minimum atomic E-state index is -0.0157. The van der Waals surface area contributed by atoms with Crippen LogP contribution < -0.4 is 11.3 Å². The van der Waals surface area contributed by atoms with Crippen LogP contribution in [-0.4, -0.2) is 9.78 Å². The highest BCUT2D eigenvalue weighted by atomic mass is 15.3. The van der Waals surface area contributed by atoms with E-state index in [9.17, 15) is 0 Å². The molecule has 0 amide bonds. The lowest BCUT2D eigenvalue weighted by Crippen LogP contribution is -2.29. The summed E-state index contributed by atoms with van der Waals surface area (Å²) in [6.45, 7) is 6.27. The van der Waals surface area contributed by atoms with Crippen molar-refractivity contribution in [1.82, 2.24) is 15.2 Å². The van der Waals surface area contributed by atoms with Gasteiger partial charge in [0, 0.05) is 18.3 Å². The molecule has 4 heteroatoms. The molecule has 0 bridgehead atoms. The SMILES string of the molecule is Cc1ccc(C(NN)c2cnn(C)c2C)cc1C. The fraction of sp³-hybridized carbons (Fsp3) is 0.357. The third kappa shape index (κ3) is 2.17. The van der Waals surface area contributed by atoms with Crippen LogP contribution in [0.1, 0.15) is 34.0 Å².